The second kappa shape index (κ2) is 5.62. The van der Waals surface area contributed by atoms with Gasteiger partial charge in [0.25, 0.3) is 0 Å². The van der Waals surface area contributed by atoms with E-state index >= 15 is 0 Å². The Kier molecular flexibility index (Phi) is 4.03. The predicted octanol–water partition coefficient (Wildman–Crippen LogP) is 3.84. The lowest BCUT2D eigenvalue weighted by molar-refractivity contribution is -0.124. The topological polar surface area (TPSA) is 46.6 Å². The summed E-state index contributed by atoms with van der Waals surface area (Å²) in [7, 11) is 0. The molecule has 0 bridgehead atoms. The molecule has 0 saturated carbocycles. The van der Waals surface area contributed by atoms with Crippen LogP contribution in [-0.2, 0) is 21.4 Å². The number of ketones is 1. The minimum absolute atomic E-state index is 0.285. The summed E-state index contributed by atoms with van der Waals surface area (Å²) >= 11 is 3.51. The maximum atomic E-state index is 12.7. The Hall–Kier alpha value is -1.36. The fraction of sp³-hybridized carbons (Fsp3) is 0.556. The molecular weight excluding hydrogens is 358 g/mol. The zero-order valence-corrected chi connectivity index (χ0v) is 15.4. The van der Waals surface area contributed by atoms with Crippen molar-refractivity contribution in [1.82, 2.24) is 4.90 Å². The largest absolute Gasteiger partial charge is 0.444 e. The molecule has 1 aromatic carbocycles. The molecule has 1 amide bonds. The third kappa shape index (κ3) is 3.03. The quantitative estimate of drug-likeness (QED) is 0.687. The van der Waals surface area contributed by atoms with Crippen LogP contribution in [0, 0.1) is 0 Å². The monoisotopic (exact) mass is 379 g/mol. The lowest BCUT2D eigenvalue weighted by Crippen LogP contribution is -2.48. The number of carbonyl (C=O) groups is 2. The first-order valence-corrected chi connectivity index (χ1v) is 8.81. The van der Waals surface area contributed by atoms with Crippen LogP contribution in [0.4, 0.5) is 4.79 Å². The Labute approximate surface area is 145 Å². The molecule has 1 aliphatic carbocycles. The fourth-order valence-electron chi connectivity index (χ4n) is 3.59. The van der Waals surface area contributed by atoms with Crippen molar-refractivity contribution in [3.05, 3.63) is 33.8 Å². The number of hydrogen-bond donors (Lipinski definition) is 0. The number of amides is 1. The van der Waals surface area contributed by atoms with E-state index in [0.29, 0.717) is 32.4 Å². The van der Waals surface area contributed by atoms with Crippen molar-refractivity contribution in [3.8, 4) is 0 Å². The molecule has 1 aliphatic heterocycles. The summed E-state index contributed by atoms with van der Waals surface area (Å²) in [6.45, 7) is 6.72. The van der Waals surface area contributed by atoms with Crippen LogP contribution >= 0.6 is 15.9 Å². The molecular formula is C18H22BrNO3. The van der Waals surface area contributed by atoms with E-state index in [2.05, 4.69) is 22.0 Å². The van der Waals surface area contributed by atoms with Gasteiger partial charge < -0.3 is 9.64 Å². The van der Waals surface area contributed by atoms with E-state index in [9.17, 15) is 9.59 Å². The highest BCUT2D eigenvalue weighted by atomic mass is 79.9. The maximum absolute atomic E-state index is 12.7. The second-order valence-electron chi connectivity index (χ2n) is 7.45. The van der Waals surface area contributed by atoms with Crippen LogP contribution in [0.3, 0.4) is 0 Å². The zero-order chi connectivity index (χ0) is 16.8. The highest BCUT2D eigenvalue weighted by Gasteiger charge is 2.48. The van der Waals surface area contributed by atoms with Crippen molar-refractivity contribution in [2.45, 2.75) is 51.0 Å². The van der Waals surface area contributed by atoms with Crippen molar-refractivity contribution in [3.63, 3.8) is 0 Å². The molecule has 0 unspecified atom stereocenters. The number of fused-ring (bicyclic) bond motifs is 2. The Morgan fingerprint density at radius 2 is 1.91 bits per heavy atom. The van der Waals surface area contributed by atoms with E-state index in [0.717, 1.165) is 15.6 Å². The van der Waals surface area contributed by atoms with Gasteiger partial charge in [-0.3, -0.25) is 4.79 Å². The molecule has 124 valence electrons. The third-order valence-corrected chi connectivity index (χ3v) is 5.23. The predicted molar refractivity (Wildman–Crippen MR) is 91.6 cm³/mol. The molecule has 1 aromatic rings. The highest BCUT2D eigenvalue weighted by molar-refractivity contribution is 9.10. The van der Waals surface area contributed by atoms with Crippen LogP contribution in [0.1, 0.15) is 44.7 Å². The molecule has 0 aromatic heterocycles. The van der Waals surface area contributed by atoms with Crippen LogP contribution in [0.25, 0.3) is 0 Å². The first kappa shape index (κ1) is 16.5. The van der Waals surface area contributed by atoms with Gasteiger partial charge in [-0.05, 0) is 56.9 Å². The molecule has 4 nitrogen and oxygen atoms in total. The smallest absolute Gasteiger partial charge is 0.410 e. The van der Waals surface area contributed by atoms with Crippen molar-refractivity contribution >= 4 is 27.8 Å². The molecule has 23 heavy (non-hydrogen) atoms. The molecule has 1 heterocycles. The molecule has 1 fully saturated rings. The Balaban J connectivity index is 1.78. The number of halogens is 1. The van der Waals surface area contributed by atoms with Gasteiger partial charge in [0.15, 0.2) is 0 Å². The highest BCUT2D eigenvalue weighted by Crippen LogP contribution is 2.45. The maximum Gasteiger partial charge on any atom is 0.410 e. The SMILES string of the molecule is CC(C)(C)OC(=O)N1CCC2(CC1)C(=O)Cc1ccc(Br)cc12. The normalized spacial score (nSPS) is 19.8. The Morgan fingerprint density at radius 3 is 2.52 bits per heavy atom. The van der Waals surface area contributed by atoms with Gasteiger partial charge >= 0.3 is 6.09 Å². The number of rotatable bonds is 0. The molecule has 0 N–H and O–H groups in total. The van der Waals surface area contributed by atoms with Crippen LogP contribution in [0.15, 0.2) is 22.7 Å². The molecule has 0 atom stereocenters. The number of hydrogen-bond acceptors (Lipinski definition) is 3. The van der Waals surface area contributed by atoms with E-state index in [1.807, 2.05) is 32.9 Å². The van der Waals surface area contributed by atoms with Gasteiger partial charge in [0, 0.05) is 24.0 Å². The standard InChI is InChI=1S/C18H22BrNO3/c1-17(2,3)23-16(22)20-8-6-18(7-9-20)14-11-13(19)5-4-12(14)10-15(18)21/h4-5,11H,6-10H2,1-3H3. The lowest BCUT2D eigenvalue weighted by Gasteiger charge is -2.39. The molecule has 2 aliphatic rings. The molecule has 1 spiro atoms. The molecule has 1 saturated heterocycles. The van der Waals surface area contributed by atoms with Gasteiger partial charge in [-0.2, -0.15) is 0 Å². The number of carbonyl (C=O) groups excluding carboxylic acids is 2. The zero-order valence-electron chi connectivity index (χ0n) is 13.8. The van der Waals surface area contributed by atoms with Gasteiger partial charge in [-0.25, -0.2) is 4.79 Å². The van der Waals surface area contributed by atoms with E-state index in [-0.39, 0.29) is 11.9 Å². The summed E-state index contributed by atoms with van der Waals surface area (Å²) in [5.41, 5.74) is 1.36. The molecule has 3 rings (SSSR count). The number of likely N-dealkylation sites (tertiary alicyclic amines) is 1. The van der Waals surface area contributed by atoms with Crippen molar-refractivity contribution in [2.24, 2.45) is 0 Å². The van der Waals surface area contributed by atoms with E-state index in [1.54, 1.807) is 4.90 Å². The van der Waals surface area contributed by atoms with Crippen LogP contribution in [-0.4, -0.2) is 35.5 Å². The minimum Gasteiger partial charge on any atom is -0.444 e. The van der Waals surface area contributed by atoms with Crippen molar-refractivity contribution in [1.29, 1.82) is 0 Å². The summed E-state index contributed by atoms with van der Waals surface area (Å²) in [6, 6.07) is 6.09. The lowest BCUT2D eigenvalue weighted by atomic mass is 9.73. The first-order valence-electron chi connectivity index (χ1n) is 8.01. The van der Waals surface area contributed by atoms with Gasteiger partial charge in [0.05, 0.1) is 5.41 Å². The van der Waals surface area contributed by atoms with Crippen LogP contribution < -0.4 is 0 Å². The summed E-state index contributed by atoms with van der Waals surface area (Å²) in [5.74, 6) is 0.287. The van der Waals surface area contributed by atoms with Crippen LogP contribution in [0.2, 0.25) is 0 Å². The summed E-state index contributed by atoms with van der Waals surface area (Å²) < 4.78 is 6.44. The average molecular weight is 380 g/mol. The van der Waals surface area contributed by atoms with Crippen molar-refractivity contribution < 1.29 is 14.3 Å². The third-order valence-electron chi connectivity index (χ3n) is 4.74. The van der Waals surface area contributed by atoms with Crippen LogP contribution in [0.5, 0.6) is 0 Å². The van der Waals surface area contributed by atoms with Gasteiger partial charge in [0.1, 0.15) is 11.4 Å². The number of benzene rings is 1. The van der Waals surface area contributed by atoms with E-state index in [1.165, 1.54) is 0 Å². The summed E-state index contributed by atoms with van der Waals surface area (Å²) in [6.07, 6.45) is 1.57. The summed E-state index contributed by atoms with van der Waals surface area (Å²) in [5, 5.41) is 0. The summed E-state index contributed by atoms with van der Waals surface area (Å²) in [4.78, 5) is 26.6. The fourth-order valence-corrected chi connectivity index (χ4v) is 3.95. The number of piperidine rings is 1. The Morgan fingerprint density at radius 1 is 1.26 bits per heavy atom. The molecule has 5 heteroatoms. The number of ether oxygens (including phenoxy) is 1. The Bertz CT molecular complexity index is 655. The second-order valence-corrected chi connectivity index (χ2v) is 8.37. The number of Topliss-reactive ketones (excluding diaryl/α,β-unsaturated/α-hetero) is 1. The van der Waals surface area contributed by atoms with Crippen molar-refractivity contribution in [2.75, 3.05) is 13.1 Å². The number of nitrogens with zero attached hydrogens (tertiary/aromatic N) is 1. The van der Waals surface area contributed by atoms with E-state index in [4.69, 9.17) is 4.74 Å². The minimum atomic E-state index is -0.493. The van der Waals surface area contributed by atoms with Gasteiger partial charge in [-0.15, -0.1) is 0 Å². The van der Waals surface area contributed by atoms with Gasteiger partial charge in [-0.1, -0.05) is 22.0 Å². The first-order chi connectivity index (χ1) is 10.7. The molecule has 0 radical (unpaired) electrons. The van der Waals surface area contributed by atoms with Gasteiger partial charge in [0.2, 0.25) is 0 Å². The van der Waals surface area contributed by atoms with E-state index < -0.39 is 11.0 Å². The average Bonchev–Trinajstić information content (AvgIpc) is 2.71.